The summed E-state index contributed by atoms with van der Waals surface area (Å²) in [6, 6.07) is 0. The fourth-order valence-electron chi connectivity index (χ4n) is 0. The Morgan fingerprint density at radius 2 is 0.333 bits per heavy atom. The molecule has 8 heteroatoms. The van der Waals surface area contributed by atoms with E-state index in [1.165, 1.54) is 0 Å². The molecule has 0 N–H and O–H groups in total. The van der Waals surface area contributed by atoms with Crippen LogP contribution in [0.25, 0.3) is 0 Å². The molecule has 0 amide bonds. The van der Waals surface area contributed by atoms with Gasteiger partial charge in [0.2, 0.25) is 0 Å². The van der Waals surface area contributed by atoms with Gasteiger partial charge in [-0.05, 0) is 0 Å². The zero-order valence-electron chi connectivity index (χ0n) is 4.62. The minimum absolute atomic E-state index is 0. The molecule has 0 aromatic heterocycles. The molecule has 0 aliphatic rings. The van der Waals surface area contributed by atoms with Crippen LogP contribution in [-0.2, 0) is 74.2 Å². The minimum atomic E-state index is 0. The Labute approximate surface area is 148 Å². The van der Waals surface area contributed by atoms with E-state index in [0.717, 1.165) is 0 Å². The molecule has 0 fully saturated rings. The van der Waals surface area contributed by atoms with E-state index in [9.17, 15) is 0 Å². The van der Waals surface area contributed by atoms with E-state index in [2.05, 4.69) is 0 Å². The first-order valence-electron chi connectivity index (χ1n) is 0. The van der Waals surface area contributed by atoms with Gasteiger partial charge < -0.3 is 0 Å². The molecular weight excluding hydrogens is 376 g/mol. The van der Waals surface area contributed by atoms with Crippen LogP contribution < -0.4 is 0 Å². The third kappa shape index (κ3) is 146. The van der Waals surface area contributed by atoms with Gasteiger partial charge in [-0.15, -0.1) is 0 Å². The summed E-state index contributed by atoms with van der Waals surface area (Å²) < 4.78 is 0. The van der Waals surface area contributed by atoms with Crippen molar-refractivity contribution in [2.75, 3.05) is 0 Å². The molecule has 0 rings (SSSR count). The third-order valence-corrected chi connectivity index (χ3v) is 0. The molecule has 0 aliphatic heterocycles. The molecule has 4 unspecified atom stereocenters. The fourth-order valence-corrected chi connectivity index (χ4v) is 0. The minimum Gasteiger partial charge on any atom is -0.153 e. The van der Waals surface area contributed by atoms with Crippen molar-refractivity contribution < 1.29 is 79.9 Å². The van der Waals surface area contributed by atoms with Gasteiger partial charge in [0.05, 0.1) is 0 Å². The summed E-state index contributed by atoms with van der Waals surface area (Å²) in [5.74, 6) is 0. The maximum atomic E-state index is 0. The van der Waals surface area contributed by atoms with Crippen molar-refractivity contribution in [1.29, 1.82) is 0 Å². The van der Waals surface area contributed by atoms with Crippen LogP contribution in [0.1, 0.15) is 35.4 Å². The van der Waals surface area contributed by atoms with Crippen molar-refractivity contribution in [1.82, 2.24) is 0 Å². The van der Waals surface area contributed by atoms with E-state index in [-0.39, 0.29) is 149 Å². The van der Waals surface area contributed by atoms with Crippen molar-refractivity contribution >= 4 is 39.6 Å². The molecule has 92 valence electrons. The third-order valence-electron chi connectivity index (χ3n) is 0. The van der Waals surface area contributed by atoms with Gasteiger partial charge >= 0.3 is 0 Å². The SMILES string of the molecule is C.C.C.C.P.P.P.P.[2HH].[2HH].[2HH].[2HH].[V].[V].[V].[V]. The van der Waals surface area contributed by atoms with Crippen LogP contribution in [0.2, 0.25) is 0 Å². The van der Waals surface area contributed by atoms with Gasteiger partial charge in [-0.2, -0.15) is 39.6 Å². The summed E-state index contributed by atoms with van der Waals surface area (Å²) >= 11 is 0. The quantitative estimate of drug-likeness (QED) is 0.528. The molecule has 0 spiro atoms. The molecule has 0 heterocycles. The van der Waals surface area contributed by atoms with Crippen LogP contribution >= 0.6 is 39.6 Å². The van der Waals surface area contributed by atoms with E-state index in [4.69, 9.17) is 0 Å². The van der Waals surface area contributed by atoms with Gasteiger partial charge in [0.25, 0.3) is 0 Å². The second-order valence-electron chi connectivity index (χ2n) is 0. The number of hydrogen-bond donors (Lipinski definition) is 0. The van der Waals surface area contributed by atoms with Crippen molar-refractivity contribution in [2.45, 2.75) is 29.7 Å². The molecule has 0 nitrogen and oxygen atoms in total. The largest absolute Gasteiger partial charge is 0.153 e. The molecule has 0 aromatic carbocycles. The molecule has 0 aliphatic carbocycles. The van der Waals surface area contributed by atoms with Gasteiger partial charge in [-0.1, -0.05) is 29.7 Å². The summed E-state index contributed by atoms with van der Waals surface area (Å²) in [4.78, 5) is 0. The van der Waals surface area contributed by atoms with Gasteiger partial charge in [0.15, 0.2) is 0 Å². The number of rotatable bonds is 0. The fraction of sp³-hybridized carbons (Fsp3) is 1.00. The van der Waals surface area contributed by atoms with E-state index in [1.54, 1.807) is 0 Å². The Hall–Kier alpha value is 4.06. The van der Waals surface area contributed by atoms with Crippen LogP contribution in [0.3, 0.4) is 0 Å². The van der Waals surface area contributed by atoms with E-state index >= 15 is 0 Å². The first-order valence-corrected chi connectivity index (χ1v) is 0. The Morgan fingerprint density at radius 3 is 0.333 bits per heavy atom. The average Bonchev–Trinajstić information content (AvgIpc) is 0. The normalized spacial score (nSPS) is 0. The van der Waals surface area contributed by atoms with Crippen molar-refractivity contribution in [2.24, 2.45) is 0 Å². The molecule has 0 saturated heterocycles. The van der Waals surface area contributed by atoms with Crippen LogP contribution in [-0.4, -0.2) is 0 Å². The van der Waals surface area contributed by atoms with Gasteiger partial charge in [-0.3, -0.25) is 0 Å². The molecule has 0 saturated carbocycles. The summed E-state index contributed by atoms with van der Waals surface area (Å²) in [6.45, 7) is 0. The Balaban J connectivity index is 0. The summed E-state index contributed by atoms with van der Waals surface area (Å²) in [7, 11) is 0. The molecule has 4 atom stereocenters. The predicted molar refractivity (Wildman–Crippen MR) is 79.8 cm³/mol. The molecule has 0 aromatic rings. The first kappa shape index (κ1) is 221. The van der Waals surface area contributed by atoms with Crippen LogP contribution in [0.15, 0.2) is 0 Å². The first-order chi connectivity index (χ1) is 0. The standard InChI is InChI=1S/4CH4.4H3P.4V.4H2/h4*1H4;4*1H3;;;;;4*1H/i;;;;;;;;;;;;4*1+1. The second kappa shape index (κ2) is 181. The topological polar surface area (TPSA) is 0 Å². The maximum Gasteiger partial charge on any atom is 0 e. The Kier molecular flexibility index (Phi) is 3330. The number of hydrogen-bond acceptors (Lipinski definition) is 0. The zero-order valence-corrected chi connectivity index (χ0v) is 15.9. The molecule has 4 radical (unpaired) electrons. The van der Waals surface area contributed by atoms with Crippen LogP contribution in [0.4, 0.5) is 0 Å². The van der Waals surface area contributed by atoms with Gasteiger partial charge in [-0.25, -0.2) is 0 Å². The maximum absolute atomic E-state index is 0. The summed E-state index contributed by atoms with van der Waals surface area (Å²) in [6.07, 6.45) is 0. The monoisotopic (exact) mass is 416 g/mol. The zero-order chi connectivity index (χ0) is 0. The molecule has 12 heavy (non-hydrogen) atoms. The van der Waals surface area contributed by atoms with E-state index in [1.807, 2.05) is 0 Å². The summed E-state index contributed by atoms with van der Waals surface area (Å²) in [5.41, 5.74) is 0. The molecule has 0 bridgehead atoms. The van der Waals surface area contributed by atoms with E-state index < -0.39 is 0 Å². The smallest absolute Gasteiger partial charge is 0 e. The van der Waals surface area contributed by atoms with Crippen molar-refractivity contribution in [3.05, 3.63) is 0 Å². The van der Waals surface area contributed by atoms with E-state index in [0.29, 0.717) is 0 Å². The van der Waals surface area contributed by atoms with Crippen molar-refractivity contribution in [3.8, 4) is 0 Å². The second-order valence-corrected chi connectivity index (χ2v) is 0. The van der Waals surface area contributed by atoms with Gasteiger partial charge in [0, 0.05) is 79.9 Å². The Bertz CT molecular complexity index is 32.0. The van der Waals surface area contributed by atoms with Crippen LogP contribution in [0.5, 0.6) is 0 Å². The van der Waals surface area contributed by atoms with Crippen molar-refractivity contribution in [3.63, 3.8) is 0 Å². The Morgan fingerprint density at radius 1 is 0.333 bits per heavy atom. The summed E-state index contributed by atoms with van der Waals surface area (Å²) in [5, 5.41) is 0. The van der Waals surface area contributed by atoms with Crippen LogP contribution in [0, 0.1) is 0 Å². The van der Waals surface area contributed by atoms with Gasteiger partial charge in [0.1, 0.15) is 0 Å². The molecular formula is C4H36P4V4. The predicted octanol–water partition coefficient (Wildman–Crippen LogP) is 3.75. The average molecular weight is 416 g/mol.